The van der Waals surface area contributed by atoms with E-state index in [2.05, 4.69) is 20.7 Å². The number of aromatic nitrogens is 4. The van der Waals surface area contributed by atoms with E-state index in [-0.39, 0.29) is 29.7 Å². The van der Waals surface area contributed by atoms with E-state index >= 15 is 0 Å². The quantitative estimate of drug-likeness (QED) is 0.470. The van der Waals surface area contributed by atoms with Gasteiger partial charge in [-0.3, -0.25) is 9.59 Å². The number of aliphatic hydroxyl groups is 1. The van der Waals surface area contributed by atoms with Gasteiger partial charge in [-0.25, -0.2) is 9.37 Å². The van der Waals surface area contributed by atoms with Gasteiger partial charge < -0.3 is 20.3 Å². The minimum absolute atomic E-state index is 0.129. The van der Waals surface area contributed by atoms with Crippen molar-refractivity contribution in [3.8, 4) is 0 Å². The molecular weight excluding hydrogens is 427 g/mol. The fraction of sp³-hybridized carbons (Fsp3) is 0.478. The molecule has 2 saturated carbocycles. The summed E-state index contributed by atoms with van der Waals surface area (Å²) >= 11 is 0. The van der Waals surface area contributed by atoms with Gasteiger partial charge in [0.15, 0.2) is 11.4 Å². The zero-order valence-electron chi connectivity index (χ0n) is 18.4. The summed E-state index contributed by atoms with van der Waals surface area (Å²) in [5.41, 5.74) is 0.734. The van der Waals surface area contributed by atoms with E-state index < -0.39 is 12.3 Å². The molecule has 9 nitrogen and oxygen atoms in total. The normalized spacial score (nSPS) is 24.6. The third-order valence-corrected chi connectivity index (χ3v) is 6.84. The van der Waals surface area contributed by atoms with Crippen LogP contribution in [0.25, 0.3) is 5.65 Å². The number of Topliss-reactive ketones (excluding diaryl/α,β-unsaturated/α-hetero) is 1. The molecule has 0 aliphatic heterocycles. The topological polar surface area (TPSA) is 114 Å². The lowest BCUT2D eigenvalue weighted by Gasteiger charge is -2.29. The Balaban J connectivity index is 1.48. The van der Waals surface area contributed by atoms with E-state index in [0.717, 1.165) is 12.8 Å². The Hall–Kier alpha value is -3.27. The fourth-order valence-corrected chi connectivity index (χ4v) is 4.76. The number of fused-ring (bicyclic) bond motifs is 1. The Labute approximate surface area is 189 Å². The Kier molecular flexibility index (Phi) is 5.61. The van der Waals surface area contributed by atoms with Crippen LogP contribution in [0.2, 0.25) is 0 Å². The lowest BCUT2D eigenvalue weighted by Crippen LogP contribution is -2.30. The molecule has 2 aliphatic carbocycles. The first-order chi connectivity index (χ1) is 16.0. The highest BCUT2D eigenvalue weighted by Crippen LogP contribution is 2.34. The average molecular weight is 455 g/mol. The Morgan fingerprint density at radius 3 is 2.82 bits per heavy atom. The molecule has 10 heteroatoms. The van der Waals surface area contributed by atoms with Gasteiger partial charge in [-0.05, 0) is 50.2 Å². The monoisotopic (exact) mass is 454 g/mol. The summed E-state index contributed by atoms with van der Waals surface area (Å²) in [6.45, 7) is 0. The van der Waals surface area contributed by atoms with Gasteiger partial charge in [-0.2, -0.15) is 9.61 Å². The van der Waals surface area contributed by atoms with Crippen molar-refractivity contribution < 1.29 is 14.3 Å². The number of carbonyl (C=O) groups is 1. The molecule has 3 aromatic heterocycles. The molecule has 3 aromatic rings. The Bertz CT molecular complexity index is 1250. The van der Waals surface area contributed by atoms with Gasteiger partial charge in [0.2, 0.25) is 0 Å². The summed E-state index contributed by atoms with van der Waals surface area (Å²) in [6, 6.07) is 4.86. The van der Waals surface area contributed by atoms with E-state index in [9.17, 15) is 19.1 Å². The molecule has 0 radical (unpaired) electrons. The zero-order valence-corrected chi connectivity index (χ0v) is 18.4. The maximum atomic E-state index is 13.7. The van der Waals surface area contributed by atoms with Crippen LogP contribution in [0, 0.1) is 5.92 Å². The van der Waals surface area contributed by atoms with Crippen LogP contribution in [-0.2, 0) is 0 Å². The number of alkyl halides is 1. The first-order valence-electron chi connectivity index (χ1n) is 11.4. The van der Waals surface area contributed by atoms with E-state index in [0.29, 0.717) is 47.8 Å². The maximum absolute atomic E-state index is 13.7. The molecule has 0 saturated heterocycles. The smallest absolute Gasteiger partial charge is 0.274 e. The van der Waals surface area contributed by atoms with Crippen molar-refractivity contribution in [3.05, 3.63) is 46.5 Å². The number of halogens is 1. The van der Waals surface area contributed by atoms with Crippen LogP contribution < -0.4 is 16.2 Å². The molecule has 33 heavy (non-hydrogen) atoms. The molecule has 3 N–H and O–H groups in total. The van der Waals surface area contributed by atoms with Crippen molar-refractivity contribution in [2.75, 3.05) is 17.7 Å². The second kappa shape index (κ2) is 8.58. The van der Waals surface area contributed by atoms with Gasteiger partial charge in [-0.15, -0.1) is 0 Å². The van der Waals surface area contributed by atoms with Gasteiger partial charge in [-0.1, -0.05) is 0 Å². The molecule has 0 unspecified atom stereocenters. The molecule has 3 heterocycles. The van der Waals surface area contributed by atoms with Gasteiger partial charge >= 0.3 is 0 Å². The summed E-state index contributed by atoms with van der Waals surface area (Å²) in [6.07, 6.45) is 5.34. The Morgan fingerprint density at radius 2 is 2.15 bits per heavy atom. The molecule has 2 fully saturated rings. The van der Waals surface area contributed by atoms with Crippen molar-refractivity contribution >= 4 is 28.8 Å². The second-order valence-corrected chi connectivity index (χ2v) is 8.88. The van der Waals surface area contributed by atoms with Crippen LogP contribution in [0.3, 0.4) is 0 Å². The van der Waals surface area contributed by atoms with Crippen molar-refractivity contribution in [1.82, 2.24) is 19.2 Å². The summed E-state index contributed by atoms with van der Waals surface area (Å²) in [7, 11) is 1.72. The lowest BCUT2D eigenvalue weighted by molar-refractivity contribution is 0.0767. The largest absolute Gasteiger partial charge is 0.391 e. The van der Waals surface area contributed by atoms with Crippen molar-refractivity contribution in [2.45, 2.75) is 56.8 Å². The third-order valence-electron chi connectivity index (χ3n) is 6.84. The zero-order chi connectivity index (χ0) is 23.1. The number of anilines is 3. The number of carbonyl (C=O) groups excluding carboxylic acids is 1. The van der Waals surface area contributed by atoms with Crippen molar-refractivity contribution in [3.63, 3.8) is 0 Å². The second-order valence-electron chi connectivity index (χ2n) is 8.88. The lowest BCUT2D eigenvalue weighted by atomic mass is 9.79. The van der Waals surface area contributed by atoms with Gasteiger partial charge in [0, 0.05) is 25.7 Å². The van der Waals surface area contributed by atoms with E-state index in [1.54, 1.807) is 36.0 Å². The predicted molar refractivity (Wildman–Crippen MR) is 122 cm³/mol. The average Bonchev–Trinajstić information content (AvgIpc) is 3.43. The molecule has 174 valence electrons. The number of hydrogen-bond donors (Lipinski definition) is 3. The number of nitrogens with one attached hydrogen (secondary N) is 2. The summed E-state index contributed by atoms with van der Waals surface area (Å²) in [5, 5.41) is 20.6. The SMILES string of the molecule is CNc1cc(Nc2cccn([C@@H]3CCC[C@@H]3O)c2=O)nc2c(C(=O)C[C@@H]3CC[C@H]3F)cnn12. The number of ketones is 1. The van der Waals surface area contributed by atoms with Crippen LogP contribution in [0.15, 0.2) is 35.4 Å². The highest BCUT2D eigenvalue weighted by atomic mass is 19.1. The van der Waals surface area contributed by atoms with Gasteiger partial charge in [0.05, 0.1) is 23.9 Å². The van der Waals surface area contributed by atoms with Crippen LogP contribution in [0.4, 0.5) is 21.7 Å². The summed E-state index contributed by atoms with van der Waals surface area (Å²) in [5.74, 6) is 0.513. The number of aliphatic hydroxyl groups excluding tert-OH is 1. The minimum atomic E-state index is -0.924. The first kappa shape index (κ1) is 21.6. The van der Waals surface area contributed by atoms with E-state index in [4.69, 9.17) is 0 Å². The maximum Gasteiger partial charge on any atom is 0.274 e. The van der Waals surface area contributed by atoms with Crippen LogP contribution in [-0.4, -0.2) is 49.4 Å². The molecule has 2 aliphatic rings. The fourth-order valence-electron chi connectivity index (χ4n) is 4.76. The highest BCUT2D eigenvalue weighted by Gasteiger charge is 2.33. The molecular formula is C23H27FN6O3. The Morgan fingerprint density at radius 1 is 1.30 bits per heavy atom. The van der Waals surface area contributed by atoms with Gasteiger partial charge in [0.1, 0.15) is 23.5 Å². The first-order valence-corrected chi connectivity index (χ1v) is 11.4. The minimum Gasteiger partial charge on any atom is -0.391 e. The number of rotatable bonds is 7. The molecule has 0 amide bonds. The van der Waals surface area contributed by atoms with E-state index in [1.165, 1.54) is 10.7 Å². The number of hydrogen-bond acceptors (Lipinski definition) is 7. The molecule has 5 rings (SSSR count). The summed E-state index contributed by atoms with van der Waals surface area (Å²) in [4.78, 5) is 30.5. The van der Waals surface area contributed by atoms with Crippen molar-refractivity contribution in [2.24, 2.45) is 5.92 Å². The summed E-state index contributed by atoms with van der Waals surface area (Å²) < 4.78 is 16.8. The molecule has 0 spiro atoms. The molecule has 0 bridgehead atoms. The van der Waals surface area contributed by atoms with Crippen molar-refractivity contribution in [1.29, 1.82) is 0 Å². The highest BCUT2D eigenvalue weighted by molar-refractivity contribution is 6.01. The van der Waals surface area contributed by atoms with Crippen LogP contribution in [0.5, 0.6) is 0 Å². The standard InChI is InChI=1S/C23H27FN6O3/c1-25-21-11-20(27-16-4-3-9-29(23(16)33)17-5-2-6-18(17)31)28-22-14(12-26-30(21)22)19(32)10-13-7-8-15(13)24/h3-4,9,11-13,15,17-18,25,31H,2,5-8,10H2,1H3,(H,27,28)/t13-,15+,17+,18-/m0/s1. The number of pyridine rings is 1. The third kappa shape index (κ3) is 3.88. The molecule has 0 aromatic carbocycles. The van der Waals surface area contributed by atoms with Gasteiger partial charge in [0.25, 0.3) is 5.56 Å². The van der Waals surface area contributed by atoms with Crippen LogP contribution >= 0.6 is 0 Å². The molecule has 4 atom stereocenters. The van der Waals surface area contributed by atoms with E-state index in [1.807, 2.05) is 0 Å². The van der Waals surface area contributed by atoms with Crippen LogP contribution in [0.1, 0.15) is 54.9 Å². The predicted octanol–water partition coefficient (Wildman–Crippen LogP) is 3.08. The number of nitrogens with zero attached hydrogens (tertiary/aromatic N) is 4.